The third-order valence-corrected chi connectivity index (χ3v) is 4.76. The Morgan fingerprint density at radius 1 is 1.00 bits per heavy atom. The molecule has 0 aromatic heterocycles. The predicted octanol–water partition coefficient (Wildman–Crippen LogP) is 4.22. The molecule has 0 aromatic carbocycles. The highest BCUT2D eigenvalue weighted by Gasteiger charge is 2.22. The molecule has 1 unspecified atom stereocenters. The van der Waals surface area contributed by atoms with Gasteiger partial charge in [-0.1, -0.05) is 40.0 Å². The number of quaternary nitrogens is 1. The van der Waals surface area contributed by atoms with Crippen molar-refractivity contribution in [2.45, 2.75) is 66.2 Å². The zero-order valence-electron chi connectivity index (χ0n) is 15.8. The third kappa shape index (κ3) is 11.1. The molecule has 6 nitrogen and oxygen atoms in total. The fourth-order valence-corrected chi connectivity index (χ4v) is 2.77. The van der Waals surface area contributed by atoms with Crippen molar-refractivity contribution in [1.29, 1.82) is 0 Å². The Morgan fingerprint density at radius 3 is 1.92 bits per heavy atom. The lowest BCUT2D eigenvalue weighted by atomic mass is 10.3. The molecule has 1 rings (SSSR count). The maximum Gasteiger partial charge on any atom is 0.267 e. The van der Waals surface area contributed by atoms with Crippen LogP contribution in [0.4, 0.5) is 0 Å². The molecule has 0 spiro atoms. The van der Waals surface area contributed by atoms with Gasteiger partial charge in [0, 0.05) is 0 Å². The summed E-state index contributed by atoms with van der Waals surface area (Å²) in [6.45, 7) is 11.1. The number of aliphatic imine (C=N–C) groups is 1. The third-order valence-electron chi connectivity index (χ3n) is 3.76. The summed E-state index contributed by atoms with van der Waals surface area (Å²) in [5.41, 5.74) is 0. The molecule has 142 valence electrons. The Bertz CT molecular complexity index is 387. The van der Waals surface area contributed by atoms with Crippen LogP contribution in [-0.2, 0) is 13.6 Å². The zero-order valence-corrected chi connectivity index (χ0v) is 16.7. The van der Waals surface area contributed by atoms with E-state index in [2.05, 4.69) is 34.1 Å². The van der Waals surface area contributed by atoms with Crippen LogP contribution in [-0.4, -0.2) is 37.1 Å². The Morgan fingerprint density at radius 2 is 1.54 bits per heavy atom. The number of rotatable bonds is 12. The van der Waals surface area contributed by atoms with Gasteiger partial charge in [-0.2, -0.15) is 0 Å². The minimum absolute atomic E-state index is 0.226. The van der Waals surface area contributed by atoms with Crippen molar-refractivity contribution >= 4 is 14.2 Å². The molecule has 0 fully saturated rings. The van der Waals surface area contributed by atoms with E-state index in [1.165, 1.54) is 19.4 Å². The first-order valence-electron chi connectivity index (χ1n) is 9.13. The van der Waals surface area contributed by atoms with Gasteiger partial charge in [-0.05, 0) is 26.2 Å². The summed E-state index contributed by atoms with van der Waals surface area (Å²) < 4.78 is 21.1. The van der Waals surface area contributed by atoms with Crippen molar-refractivity contribution in [3.63, 3.8) is 0 Å². The van der Waals surface area contributed by atoms with Crippen LogP contribution in [0.2, 0.25) is 0 Å². The van der Waals surface area contributed by atoms with Crippen molar-refractivity contribution in [1.82, 2.24) is 0 Å². The van der Waals surface area contributed by atoms with E-state index in [0.29, 0.717) is 0 Å². The molecule has 0 N–H and O–H groups in total. The second kappa shape index (κ2) is 13.7. The Kier molecular flexibility index (Phi) is 13.4. The highest BCUT2D eigenvalue weighted by atomic mass is 31.2. The number of hydrogen-bond donors (Lipinski definition) is 0. The van der Waals surface area contributed by atoms with Gasteiger partial charge in [-0.3, -0.25) is 9.05 Å². The van der Waals surface area contributed by atoms with E-state index in [0.717, 1.165) is 36.7 Å². The number of nitrogens with zero attached hydrogens (tertiary/aromatic N) is 2. The summed E-state index contributed by atoms with van der Waals surface area (Å²) >= 11 is 0. The van der Waals surface area contributed by atoms with E-state index in [9.17, 15) is 9.46 Å². The van der Waals surface area contributed by atoms with Crippen molar-refractivity contribution in [2.24, 2.45) is 4.99 Å². The van der Waals surface area contributed by atoms with Gasteiger partial charge >= 0.3 is 0 Å². The van der Waals surface area contributed by atoms with Crippen LogP contribution in [0.3, 0.4) is 0 Å². The van der Waals surface area contributed by atoms with E-state index in [4.69, 9.17) is 0 Å². The fraction of sp³-hybridized carbons (Fsp3) is 0.824. The molecule has 0 saturated carbocycles. The van der Waals surface area contributed by atoms with Crippen LogP contribution in [0, 0.1) is 0 Å². The monoisotopic (exact) mass is 362 g/mol. The average molecular weight is 362 g/mol. The van der Waals surface area contributed by atoms with Gasteiger partial charge in [0.1, 0.15) is 6.20 Å². The SMILES string of the molecule is CCCCOP(=O)([O-])OCCCC.CCCC[N+]1(CC)C=CN=C1. The van der Waals surface area contributed by atoms with Gasteiger partial charge in [0.25, 0.3) is 7.82 Å². The quantitative estimate of drug-likeness (QED) is 0.296. The molecular formula is C17H35N2O4P. The van der Waals surface area contributed by atoms with Crippen LogP contribution in [0.15, 0.2) is 17.4 Å². The summed E-state index contributed by atoms with van der Waals surface area (Å²) in [5.74, 6) is 0. The van der Waals surface area contributed by atoms with E-state index in [-0.39, 0.29) is 13.2 Å². The van der Waals surface area contributed by atoms with Crippen molar-refractivity contribution in [2.75, 3.05) is 26.3 Å². The topological polar surface area (TPSA) is 71.0 Å². The predicted molar refractivity (Wildman–Crippen MR) is 97.5 cm³/mol. The van der Waals surface area contributed by atoms with Gasteiger partial charge in [0.2, 0.25) is 0 Å². The maximum absolute atomic E-state index is 11.0. The van der Waals surface area contributed by atoms with Crippen molar-refractivity contribution in [3.8, 4) is 0 Å². The zero-order chi connectivity index (χ0) is 18.3. The van der Waals surface area contributed by atoms with Gasteiger partial charge < -0.3 is 13.9 Å². The molecule has 1 atom stereocenters. The van der Waals surface area contributed by atoms with E-state index in [1.807, 2.05) is 26.4 Å². The number of unbranched alkanes of at least 4 members (excludes halogenated alkanes) is 3. The Hall–Kier alpha value is -0.520. The van der Waals surface area contributed by atoms with Gasteiger partial charge in [-0.25, -0.2) is 4.99 Å². The van der Waals surface area contributed by atoms with Gasteiger partial charge in [0.15, 0.2) is 6.34 Å². The fourth-order valence-electron chi connectivity index (χ4n) is 1.99. The number of hydrogen-bond acceptors (Lipinski definition) is 5. The minimum atomic E-state index is -4.00. The van der Waals surface area contributed by atoms with Crippen LogP contribution >= 0.6 is 7.82 Å². The Balaban J connectivity index is 0.000000446. The van der Waals surface area contributed by atoms with E-state index in [1.54, 1.807) is 0 Å². The summed E-state index contributed by atoms with van der Waals surface area (Å²) in [6, 6.07) is 0. The number of phosphoric acid groups is 1. The highest BCUT2D eigenvalue weighted by molar-refractivity contribution is 7.45. The Labute approximate surface area is 147 Å². The van der Waals surface area contributed by atoms with E-state index >= 15 is 0 Å². The lowest BCUT2D eigenvalue weighted by molar-refractivity contribution is -0.777. The van der Waals surface area contributed by atoms with Crippen LogP contribution in [0.5, 0.6) is 0 Å². The largest absolute Gasteiger partial charge is 0.756 e. The van der Waals surface area contributed by atoms with Crippen LogP contribution in [0.1, 0.15) is 66.2 Å². The molecule has 7 heteroatoms. The first kappa shape index (κ1) is 23.5. The molecule has 1 aliphatic rings. The second-order valence-corrected chi connectivity index (χ2v) is 7.29. The summed E-state index contributed by atoms with van der Waals surface area (Å²) in [7, 11) is -4.00. The highest BCUT2D eigenvalue weighted by Crippen LogP contribution is 2.38. The lowest BCUT2D eigenvalue weighted by Gasteiger charge is -2.25. The van der Waals surface area contributed by atoms with Crippen LogP contribution < -0.4 is 4.89 Å². The number of phosphoric ester groups is 1. The van der Waals surface area contributed by atoms with Crippen molar-refractivity contribution in [3.05, 3.63) is 12.4 Å². The molecule has 0 amide bonds. The summed E-state index contributed by atoms with van der Waals surface area (Å²) in [5, 5.41) is 0. The average Bonchev–Trinajstić information content (AvgIpc) is 3.03. The van der Waals surface area contributed by atoms with Crippen molar-refractivity contribution < 1.29 is 23.0 Å². The normalized spacial score (nSPS) is 19.4. The minimum Gasteiger partial charge on any atom is -0.756 e. The van der Waals surface area contributed by atoms with E-state index < -0.39 is 7.82 Å². The molecule has 0 aliphatic carbocycles. The molecule has 24 heavy (non-hydrogen) atoms. The first-order valence-corrected chi connectivity index (χ1v) is 10.6. The molecule has 1 heterocycles. The first-order chi connectivity index (χ1) is 11.4. The standard InChI is InChI=1S/C9H17N2.C8H19O4P/c1-3-5-7-11(4-2)8-6-10-9-11;1-3-5-7-11-13(9,10)12-8-6-4-2/h6,8-9H,3-5,7H2,1-2H3;3-8H2,1-2H3,(H,9,10)/q+1;/p-1. The summed E-state index contributed by atoms with van der Waals surface area (Å²) in [4.78, 5) is 15.1. The molecule has 1 aliphatic heterocycles. The molecule has 0 radical (unpaired) electrons. The second-order valence-electron chi connectivity index (χ2n) is 5.88. The summed E-state index contributed by atoms with van der Waals surface area (Å²) in [6.07, 6.45) is 12.0. The molecule has 0 aromatic rings. The smallest absolute Gasteiger partial charge is 0.267 e. The van der Waals surface area contributed by atoms with Crippen LogP contribution in [0.25, 0.3) is 0 Å². The molecular weight excluding hydrogens is 327 g/mol. The molecule has 0 bridgehead atoms. The van der Waals surface area contributed by atoms with Gasteiger partial charge in [0.05, 0.1) is 32.5 Å². The van der Waals surface area contributed by atoms with Gasteiger partial charge in [-0.15, -0.1) is 0 Å². The lowest BCUT2D eigenvalue weighted by Crippen LogP contribution is -2.40. The molecule has 0 saturated heterocycles. The maximum atomic E-state index is 11.0.